The van der Waals surface area contributed by atoms with Crippen LogP contribution in [-0.4, -0.2) is 35.1 Å². The van der Waals surface area contributed by atoms with Crippen molar-refractivity contribution in [2.75, 3.05) is 7.05 Å². The van der Waals surface area contributed by atoms with Gasteiger partial charge in [0.2, 0.25) is 0 Å². The fourth-order valence-electron chi connectivity index (χ4n) is 2.89. The van der Waals surface area contributed by atoms with Crippen molar-refractivity contribution in [2.24, 2.45) is 5.92 Å². The summed E-state index contributed by atoms with van der Waals surface area (Å²) in [5, 5.41) is 12.0. The molecule has 0 radical (unpaired) electrons. The molecule has 22 heavy (non-hydrogen) atoms. The summed E-state index contributed by atoms with van der Waals surface area (Å²) >= 11 is 0. The topological polar surface area (TPSA) is 69.6 Å². The second kappa shape index (κ2) is 7.29. The highest BCUT2D eigenvalue weighted by molar-refractivity contribution is 5.75. The molecule has 0 spiro atoms. The molecule has 0 aromatic heterocycles. The normalized spacial score (nSPS) is 22.6. The maximum Gasteiger partial charge on any atom is 0.317 e. The smallest absolute Gasteiger partial charge is 0.317 e. The van der Waals surface area contributed by atoms with E-state index < -0.39 is 5.97 Å². The van der Waals surface area contributed by atoms with Gasteiger partial charge in [-0.15, -0.1) is 0 Å². The molecule has 1 aliphatic carbocycles. The number of nitrogens with one attached hydrogen (secondary N) is 1. The van der Waals surface area contributed by atoms with E-state index in [4.69, 9.17) is 5.11 Å². The van der Waals surface area contributed by atoms with Gasteiger partial charge in [-0.25, -0.2) is 4.79 Å². The van der Waals surface area contributed by atoms with Gasteiger partial charge < -0.3 is 15.3 Å². The van der Waals surface area contributed by atoms with Gasteiger partial charge in [0.15, 0.2) is 0 Å². The Labute approximate surface area is 131 Å². The molecule has 2 amide bonds. The lowest BCUT2D eigenvalue weighted by Gasteiger charge is -2.31. The number of carboxylic acids is 1. The lowest BCUT2D eigenvalue weighted by Crippen LogP contribution is -2.45. The number of amides is 2. The third kappa shape index (κ3) is 4.00. The van der Waals surface area contributed by atoms with Gasteiger partial charge in [0.05, 0.1) is 12.0 Å². The number of hydrogen-bond donors (Lipinski definition) is 2. The predicted octanol–water partition coefficient (Wildman–Crippen LogP) is 3.03. The number of carboxylic acid groups (broad SMARTS) is 1. The fraction of sp³-hybridized carbons (Fsp3) is 0.529. The SMILES string of the molecule is CC(c1ccccc1)N(C)C(=O)NC1CCC(C(=O)O)CC1. The van der Waals surface area contributed by atoms with E-state index >= 15 is 0 Å². The molecule has 120 valence electrons. The highest BCUT2D eigenvalue weighted by Crippen LogP contribution is 2.25. The maximum absolute atomic E-state index is 12.3. The molecule has 5 heteroatoms. The van der Waals surface area contributed by atoms with Gasteiger partial charge in [-0.1, -0.05) is 30.3 Å². The van der Waals surface area contributed by atoms with Crippen molar-refractivity contribution < 1.29 is 14.7 Å². The van der Waals surface area contributed by atoms with Crippen LogP contribution in [0.1, 0.15) is 44.2 Å². The molecule has 1 aromatic rings. The highest BCUT2D eigenvalue weighted by Gasteiger charge is 2.28. The molecule has 0 heterocycles. The zero-order valence-corrected chi connectivity index (χ0v) is 13.2. The van der Waals surface area contributed by atoms with E-state index in [0.29, 0.717) is 12.8 Å². The monoisotopic (exact) mass is 304 g/mol. The first-order valence-corrected chi connectivity index (χ1v) is 7.80. The number of nitrogens with zero attached hydrogens (tertiary/aromatic N) is 1. The predicted molar refractivity (Wildman–Crippen MR) is 84.5 cm³/mol. The van der Waals surface area contributed by atoms with Crippen LogP contribution in [0.25, 0.3) is 0 Å². The van der Waals surface area contributed by atoms with Crippen LogP contribution < -0.4 is 5.32 Å². The number of urea groups is 1. The molecule has 0 bridgehead atoms. The highest BCUT2D eigenvalue weighted by atomic mass is 16.4. The number of aliphatic carboxylic acids is 1. The molecule has 0 aliphatic heterocycles. The maximum atomic E-state index is 12.3. The molecule has 1 saturated carbocycles. The van der Waals surface area contributed by atoms with Gasteiger partial charge in [0, 0.05) is 13.1 Å². The third-order valence-corrected chi connectivity index (χ3v) is 4.59. The molecule has 2 N–H and O–H groups in total. The molecule has 5 nitrogen and oxygen atoms in total. The van der Waals surface area contributed by atoms with Crippen molar-refractivity contribution in [3.63, 3.8) is 0 Å². The summed E-state index contributed by atoms with van der Waals surface area (Å²) in [7, 11) is 1.79. The minimum Gasteiger partial charge on any atom is -0.481 e. The van der Waals surface area contributed by atoms with Crippen molar-refractivity contribution in [1.29, 1.82) is 0 Å². The van der Waals surface area contributed by atoms with E-state index in [2.05, 4.69) is 5.32 Å². The molecule has 1 aromatic carbocycles. The first-order valence-electron chi connectivity index (χ1n) is 7.80. The van der Waals surface area contributed by atoms with E-state index in [1.807, 2.05) is 37.3 Å². The Balaban J connectivity index is 1.86. The first-order chi connectivity index (χ1) is 10.5. The quantitative estimate of drug-likeness (QED) is 0.898. The third-order valence-electron chi connectivity index (χ3n) is 4.59. The van der Waals surface area contributed by atoms with E-state index in [9.17, 15) is 9.59 Å². The Morgan fingerprint density at radius 1 is 1.18 bits per heavy atom. The van der Waals surface area contributed by atoms with Gasteiger partial charge in [-0.3, -0.25) is 4.79 Å². The molecular weight excluding hydrogens is 280 g/mol. The number of carbonyl (C=O) groups is 2. The summed E-state index contributed by atoms with van der Waals surface area (Å²) in [6.45, 7) is 2.00. The Morgan fingerprint density at radius 2 is 1.77 bits per heavy atom. The number of benzene rings is 1. The van der Waals surface area contributed by atoms with Crippen molar-refractivity contribution in [1.82, 2.24) is 10.2 Å². The summed E-state index contributed by atoms with van der Waals surface area (Å²) < 4.78 is 0. The number of rotatable bonds is 4. The Kier molecular flexibility index (Phi) is 5.41. The minimum absolute atomic E-state index is 0.00319. The van der Waals surface area contributed by atoms with Crippen LogP contribution in [0.2, 0.25) is 0 Å². The van der Waals surface area contributed by atoms with Crippen molar-refractivity contribution >= 4 is 12.0 Å². The van der Waals surface area contributed by atoms with Crippen LogP contribution in [0.5, 0.6) is 0 Å². The van der Waals surface area contributed by atoms with E-state index in [-0.39, 0.29) is 24.0 Å². The second-order valence-corrected chi connectivity index (χ2v) is 6.03. The molecule has 1 aliphatic rings. The Morgan fingerprint density at radius 3 is 2.32 bits per heavy atom. The summed E-state index contributed by atoms with van der Waals surface area (Å²) in [6.07, 6.45) is 2.74. The van der Waals surface area contributed by atoms with Crippen LogP contribution in [0.4, 0.5) is 4.79 Å². The average Bonchev–Trinajstić information content (AvgIpc) is 2.54. The summed E-state index contributed by atoms with van der Waals surface area (Å²) in [4.78, 5) is 25.0. The van der Waals surface area contributed by atoms with E-state index in [1.54, 1.807) is 11.9 Å². The molecule has 1 fully saturated rings. The molecule has 1 unspecified atom stereocenters. The standard InChI is InChI=1S/C17H24N2O3/c1-12(13-6-4-3-5-7-13)19(2)17(22)18-15-10-8-14(9-11-15)16(20)21/h3-7,12,14-15H,8-11H2,1-2H3,(H,18,22)(H,20,21). The van der Waals surface area contributed by atoms with Crippen LogP contribution in [-0.2, 0) is 4.79 Å². The van der Waals surface area contributed by atoms with Gasteiger partial charge in [0.1, 0.15) is 0 Å². The van der Waals surface area contributed by atoms with Crippen LogP contribution in [0.3, 0.4) is 0 Å². The molecule has 1 atom stereocenters. The van der Waals surface area contributed by atoms with Crippen LogP contribution in [0, 0.1) is 5.92 Å². The average molecular weight is 304 g/mol. The van der Waals surface area contributed by atoms with Gasteiger partial charge in [-0.05, 0) is 38.2 Å². The van der Waals surface area contributed by atoms with Crippen LogP contribution in [0.15, 0.2) is 30.3 Å². The summed E-state index contributed by atoms with van der Waals surface area (Å²) in [5.41, 5.74) is 1.09. The van der Waals surface area contributed by atoms with Gasteiger partial charge in [-0.2, -0.15) is 0 Å². The molecular formula is C17H24N2O3. The van der Waals surface area contributed by atoms with Crippen molar-refractivity contribution in [3.05, 3.63) is 35.9 Å². The van der Waals surface area contributed by atoms with Crippen molar-refractivity contribution in [3.8, 4) is 0 Å². The Hall–Kier alpha value is -2.04. The largest absolute Gasteiger partial charge is 0.481 e. The zero-order valence-electron chi connectivity index (χ0n) is 13.2. The molecule has 0 saturated heterocycles. The summed E-state index contributed by atoms with van der Waals surface area (Å²) in [6, 6.07) is 9.87. The van der Waals surface area contributed by atoms with Gasteiger partial charge >= 0.3 is 12.0 Å². The first kappa shape index (κ1) is 16.3. The number of carbonyl (C=O) groups excluding carboxylic acids is 1. The lowest BCUT2D eigenvalue weighted by atomic mass is 9.86. The van der Waals surface area contributed by atoms with E-state index in [1.165, 1.54) is 0 Å². The second-order valence-electron chi connectivity index (χ2n) is 6.03. The van der Waals surface area contributed by atoms with Gasteiger partial charge in [0.25, 0.3) is 0 Å². The fourth-order valence-corrected chi connectivity index (χ4v) is 2.89. The Bertz CT molecular complexity index is 510. The molecule has 2 rings (SSSR count). The lowest BCUT2D eigenvalue weighted by molar-refractivity contribution is -0.142. The van der Waals surface area contributed by atoms with E-state index in [0.717, 1.165) is 18.4 Å². The van der Waals surface area contributed by atoms with Crippen molar-refractivity contribution in [2.45, 2.75) is 44.7 Å². The zero-order chi connectivity index (χ0) is 16.1. The minimum atomic E-state index is -0.723. The number of hydrogen-bond acceptors (Lipinski definition) is 2. The van der Waals surface area contributed by atoms with Crippen LogP contribution >= 0.6 is 0 Å². The summed E-state index contributed by atoms with van der Waals surface area (Å²) in [5.74, 6) is -0.978.